The summed E-state index contributed by atoms with van der Waals surface area (Å²) < 4.78 is 27.1. The zero-order valence-electron chi connectivity index (χ0n) is 14.1. The SMILES string of the molecule is Cc1ccc(S(=O)(=O)NCCNC(=O)c2ccccc2C)c(C)c1. The molecular weight excluding hydrogens is 324 g/mol. The van der Waals surface area contributed by atoms with Crippen molar-refractivity contribution < 1.29 is 13.2 Å². The van der Waals surface area contributed by atoms with Crippen LogP contribution in [0.15, 0.2) is 47.4 Å². The molecule has 2 N–H and O–H groups in total. The van der Waals surface area contributed by atoms with E-state index in [0.29, 0.717) is 11.1 Å². The topological polar surface area (TPSA) is 75.3 Å². The Balaban J connectivity index is 1.92. The molecule has 0 aliphatic carbocycles. The summed E-state index contributed by atoms with van der Waals surface area (Å²) >= 11 is 0. The molecule has 5 nitrogen and oxygen atoms in total. The van der Waals surface area contributed by atoms with Crippen molar-refractivity contribution in [3.05, 3.63) is 64.7 Å². The van der Waals surface area contributed by atoms with Crippen LogP contribution in [0, 0.1) is 20.8 Å². The van der Waals surface area contributed by atoms with E-state index in [-0.39, 0.29) is 23.9 Å². The van der Waals surface area contributed by atoms with Crippen LogP contribution >= 0.6 is 0 Å². The van der Waals surface area contributed by atoms with Crippen molar-refractivity contribution in [2.45, 2.75) is 25.7 Å². The highest BCUT2D eigenvalue weighted by Crippen LogP contribution is 2.15. The highest BCUT2D eigenvalue weighted by atomic mass is 32.2. The van der Waals surface area contributed by atoms with E-state index >= 15 is 0 Å². The fraction of sp³-hybridized carbons (Fsp3) is 0.278. The maximum Gasteiger partial charge on any atom is 0.251 e. The van der Waals surface area contributed by atoms with Crippen LogP contribution in [0.4, 0.5) is 0 Å². The first kappa shape index (κ1) is 18.2. The van der Waals surface area contributed by atoms with Crippen LogP contribution in [-0.4, -0.2) is 27.4 Å². The van der Waals surface area contributed by atoms with Crippen LogP contribution in [-0.2, 0) is 10.0 Å². The lowest BCUT2D eigenvalue weighted by atomic mass is 10.1. The molecule has 1 amide bonds. The molecule has 2 aromatic carbocycles. The molecule has 0 saturated heterocycles. The van der Waals surface area contributed by atoms with Gasteiger partial charge in [0.2, 0.25) is 10.0 Å². The van der Waals surface area contributed by atoms with E-state index in [9.17, 15) is 13.2 Å². The van der Waals surface area contributed by atoms with Gasteiger partial charge in [-0.1, -0.05) is 35.9 Å². The Hall–Kier alpha value is -2.18. The maximum atomic E-state index is 12.3. The molecule has 0 aliphatic heterocycles. The number of carbonyl (C=O) groups excluding carboxylic acids is 1. The quantitative estimate of drug-likeness (QED) is 0.788. The van der Waals surface area contributed by atoms with Crippen molar-refractivity contribution in [3.8, 4) is 0 Å². The highest BCUT2D eigenvalue weighted by molar-refractivity contribution is 7.89. The average Bonchev–Trinajstić information content (AvgIpc) is 2.51. The minimum Gasteiger partial charge on any atom is -0.351 e. The number of carbonyl (C=O) groups is 1. The molecule has 0 spiro atoms. The van der Waals surface area contributed by atoms with Crippen LogP contribution < -0.4 is 10.0 Å². The van der Waals surface area contributed by atoms with Gasteiger partial charge in [0.1, 0.15) is 0 Å². The van der Waals surface area contributed by atoms with Gasteiger partial charge in [-0.2, -0.15) is 0 Å². The van der Waals surface area contributed by atoms with Crippen LogP contribution in [0.25, 0.3) is 0 Å². The number of hydrogen-bond donors (Lipinski definition) is 2. The summed E-state index contributed by atoms with van der Waals surface area (Å²) in [5.74, 6) is -0.209. The first-order valence-corrected chi connectivity index (χ1v) is 9.20. The highest BCUT2D eigenvalue weighted by Gasteiger charge is 2.16. The Morgan fingerprint density at radius 3 is 2.33 bits per heavy atom. The van der Waals surface area contributed by atoms with Gasteiger partial charge in [0.05, 0.1) is 4.90 Å². The summed E-state index contributed by atoms with van der Waals surface area (Å²) in [6.45, 7) is 5.89. The minimum absolute atomic E-state index is 0.132. The molecule has 0 radical (unpaired) electrons. The summed E-state index contributed by atoms with van der Waals surface area (Å²) in [5.41, 5.74) is 3.18. The zero-order valence-corrected chi connectivity index (χ0v) is 14.9. The van der Waals surface area contributed by atoms with E-state index in [1.54, 1.807) is 31.2 Å². The van der Waals surface area contributed by atoms with Gasteiger partial charge in [-0.15, -0.1) is 0 Å². The molecule has 0 saturated carbocycles. The molecule has 0 heterocycles. The largest absolute Gasteiger partial charge is 0.351 e. The Morgan fingerprint density at radius 2 is 1.67 bits per heavy atom. The standard InChI is InChI=1S/C18H22N2O3S/c1-13-8-9-17(15(3)12-13)24(22,23)20-11-10-19-18(21)16-7-5-4-6-14(16)2/h4-9,12,20H,10-11H2,1-3H3,(H,19,21). The maximum absolute atomic E-state index is 12.3. The number of aryl methyl sites for hydroxylation is 3. The number of benzene rings is 2. The van der Waals surface area contributed by atoms with Gasteiger partial charge in [0.25, 0.3) is 5.91 Å². The Labute approximate surface area is 143 Å². The summed E-state index contributed by atoms with van der Waals surface area (Å²) in [6.07, 6.45) is 0. The monoisotopic (exact) mass is 346 g/mol. The van der Waals surface area contributed by atoms with Crippen molar-refractivity contribution in [3.63, 3.8) is 0 Å². The van der Waals surface area contributed by atoms with Gasteiger partial charge in [0.15, 0.2) is 0 Å². The third-order valence-corrected chi connectivity index (χ3v) is 5.33. The summed E-state index contributed by atoms with van der Waals surface area (Å²) in [6, 6.07) is 12.5. The van der Waals surface area contributed by atoms with Gasteiger partial charge in [-0.25, -0.2) is 13.1 Å². The lowest BCUT2D eigenvalue weighted by molar-refractivity contribution is 0.0953. The van der Waals surface area contributed by atoms with Crippen LogP contribution in [0.3, 0.4) is 0 Å². The zero-order chi connectivity index (χ0) is 17.7. The number of rotatable bonds is 6. The minimum atomic E-state index is -3.58. The van der Waals surface area contributed by atoms with Crippen LogP contribution in [0.5, 0.6) is 0 Å². The molecular formula is C18H22N2O3S. The van der Waals surface area contributed by atoms with Crippen molar-refractivity contribution in [2.75, 3.05) is 13.1 Å². The van der Waals surface area contributed by atoms with Gasteiger partial charge in [-0.3, -0.25) is 4.79 Å². The predicted octanol–water partition coefficient (Wildman–Crippen LogP) is 2.32. The lowest BCUT2D eigenvalue weighted by Gasteiger charge is -2.11. The van der Waals surface area contributed by atoms with E-state index in [2.05, 4.69) is 10.0 Å². The number of sulfonamides is 1. The average molecular weight is 346 g/mol. The van der Waals surface area contributed by atoms with Crippen molar-refractivity contribution in [1.82, 2.24) is 10.0 Å². The molecule has 2 rings (SSSR count). The number of nitrogens with one attached hydrogen (secondary N) is 2. The van der Waals surface area contributed by atoms with E-state index < -0.39 is 10.0 Å². The molecule has 0 aromatic heterocycles. The fourth-order valence-corrected chi connectivity index (χ4v) is 3.72. The van der Waals surface area contributed by atoms with E-state index in [1.165, 1.54) is 0 Å². The van der Waals surface area contributed by atoms with E-state index in [1.807, 2.05) is 32.0 Å². The van der Waals surface area contributed by atoms with Crippen molar-refractivity contribution in [1.29, 1.82) is 0 Å². The molecule has 128 valence electrons. The van der Waals surface area contributed by atoms with Crippen LogP contribution in [0.2, 0.25) is 0 Å². The Morgan fingerprint density at radius 1 is 0.958 bits per heavy atom. The molecule has 2 aromatic rings. The third kappa shape index (κ3) is 4.43. The normalized spacial score (nSPS) is 11.3. The number of amides is 1. The molecule has 0 bridgehead atoms. The molecule has 0 aliphatic rings. The van der Waals surface area contributed by atoms with Gasteiger partial charge in [0, 0.05) is 18.7 Å². The van der Waals surface area contributed by atoms with Crippen molar-refractivity contribution in [2.24, 2.45) is 0 Å². The van der Waals surface area contributed by atoms with Gasteiger partial charge in [-0.05, 0) is 44.0 Å². The summed E-state index contributed by atoms with van der Waals surface area (Å²) in [4.78, 5) is 12.3. The van der Waals surface area contributed by atoms with Gasteiger partial charge >= 0.3 is 0 Å². The van der Waals surface area contributed by atoms with E-state index in [4.69, 9.17) is 0 Å². The third-order valence-electron chi connectivity index (χ3n) is 3.71. The Bertz CT molecular complexity index is 845. The molecule has 0 atom stereocenters. The van der Waals surface area contributed by atoms with Crippen molar-refractivity contribution >= 4 is 15.9 Å². The number of hydrogen-bond acceptors (Lipinski definition) is 3. The smallest absolute Gasteiger partial charge is 0.251 e. The summed E-state index contributed by atoms with van der Waals surface area (Å²) in [7, 11) is -3.58. The van der Waals surface area contributed by atoms with Crippen LogP contribution in [0.1, 0.15) is 27.0 Å². The fourth-order valence-electron chi connectivity index (χ4n) is 2.46. The molecule has 0 fully saturated rings. The van der Waals surface area contributed by atoms with E-state index in [0.717, 1.165) is 11.1 Å². The second-order valence-electron chi connectivity index (χ2n) is 5.74. The van der Waals surface area contributed by atoms with Gasteiger partial charge < -0.3 is 5.32 Å². The lowest BCUT2D eigenvalue weighted by Crippen LogP contribution is -2.35. The molecule has 6 heteroatoms. The second kappa shape index (κ2) is 7.59. The molecule has 24 heavy (non-hydrogen) atoms. The second-order valence-corrected chi connectivity index (χ2v) is 7.47. The first-order valence-electron chi connectivity index (χ1n) is 7.72. The summed E-state index contributed by atoms with van der Waals surface area (Å²) in [5, 5.41) is 2.72. The predicted molar refractivity (Wildman–Crippen MR) is 94.6 cm³/mol. The molecule has 0 unspecified atom stereocenters. The Kier molecular flexibility index (Phi) is 5.75. The first-order chi connectivity index (χ1) is 11.3.